The van der Waals surface area contributed by atoms with Crippen LogP contribution in [-0.2, 0) is 20.1 Å². The lowest BCUT2D eigenvalue weighted by molar-refractivity contribution is 0.412. The molecule has 0 radical (unpaired) electrons. The van der Waals surface area contributed by atoms with Crippen molar-refractivity contribution in [1.82, 2.24) is 15.1 Å². The maximum Gasteiger partial charge on any atom is 0.133 e. The van der Waals surface area contributed by atoms with Gasteiger partial charge >= 0.3 is 0 Å². The summed E-state index contributed by atoms with van der Waals surface area (Å²) >= 11 is 3.50. The number of hydrogen-bond donors (Lipinski definition) is 1. The minimum atomic E-state index is 0.816. The topological polar surface area (TPSA) is 39.1 Å². The van der Waals surface area contributed by atoms with E-state index in [1.165, 1.54) is 16.8 Å². The molecular weight excluding hydrogens is 318 g/mol. The number of methoxy groups -OCH3 is 1. The fourth-order valence-corrected chi connectivity index (χ4v) is 2.81. The van der Waals surface area contributed by atoms with E-state index < -0.39 is 0 Å². The van der Waals surface area contributed by atoms with E-state index in [9.17, 15) is 0 Å². The van der Waals surface area contributed by atoms with Gasteiger partial charge in [-0.3, -0.25) is 4.68 Å². The fourth-order valence-electron chi connectivity index (χ4n) is 2.22. The van der Waals surface area contributed by atoms with Crippen LogP contribution in [0.5, 0.6) is 5.75 Å². The summed E-state index contributed by atoms with van der Waals surface area (Å²) in [5, 5.41) is 7.89. The SMILES string of the molecule is COc1ccc(CNCc2c(C)nn(C)c2C)cc1Br. The Balaban J connectivity index is 1.97. The number of nitrogens with one attached hydrogen (secondary N) is 1. The van der Waals surface area contributed by atoms with Crippen molar-refractivity contribution in [3.8, 4) is 5.75 Å². The first-order chi connectivity index (χ1) is 9.52. The molecule has 0 aliphatic heterocycles. The Bertz CT molecular complexity index is 607. The molecule has 2 rings (SSSR count). The molecule has 4 nitrogen and oxygen atoms in total. The maximum absolute atomic E-state index is 5.23. The lowest BCUT2D eigenvalue weighted by atomic mass is 10.2. The van der Waals surface area contributed by atoms with Crippen molar-refractivity contribution in [3.63, 3.8) is 0 Å². The molecule has 0 amide bonds. The van der Waals surface area contributed by atoms with Crippen molar-refractivity contribution in [2.75, 3.05) is 7.11 Å². The predicted molar refractivity (Wildman–Crippen MR) is 83.9 cm³/mol. The van der Waals surface area contributed by atoms with Crippen LogP contribution in [0.4, 0.5) is 0 Å². The highest BCUT2D eigenvalue weighted by Crippen LogP contribution is 2.25. The first kappa shape index (κ1) is 15.1. The van der Waals surface area contributed by atoms with E-state index >= 15 is 0 Å². The molecule has 20 heavy (non-hydrogen) atoms. The predicted octanol–water partition coefficient (Wildman–Crippen LogP) is 3.10. The van der Waals surface area contributed by atoms with Gasteiger partial charge in [-0.25, -0.2) is 0 Å². The van der Waals surface area contributed by atoms with Gasteiger partial charge in [0.25, 0.3) is 0 Å². The van der Waals surface area contributed by atoms with E-state index in [-0.39, 0.29) is 0 Å². The van der Waals surface area contributed by atoms with Crippen molar-refractivity contribution < 1.29 is 4.74 Å². The molecule has 0 aliphatic rings. The van der Waals surface area contributed by atoms with Crippen LogP contribution in [0.15, 0.2) is 22.7 Å². The first-order valence-corrected chi connectivity index (χ1v) is 7.34. The van der Waals surface area contributed by atoms with E-state index in [0.29, 0.717) is 0 Å². The lowest BCUT2D eigenvalue weighted by Gasteiger charge is -2.08. The average molecular weight is 338 g/mol. The first-order valence-electron chi connectivity index (χ1n) is 6.55. The summed E-state index contributed by atoms with van der Waals surface area (Å²) in [6, 6.07) is 6.12. The van der Waals surface area contributed by atoms with Crippen molar-refractivity contribution in [2.24, 2.45) is 7.05 Å². The zero-order chi connectivity index (χ0) is 14.7. The summed E-state index contributed by atoms with van der Waals surface area (Å²) in [7, 11) is 3.65. The van der Waals surface area contributed by atoms with Crippen LogP contribution >= 0.6 is 15.9 Å². The molecule has 0 unspecified atom stereocenters. The molecule has 1 N–H and O–H groups in total. The maximum atomic E-state index is 5.23. The normalized spacial score (nSPS) is 10.8. The number of rotatable bonds is 5. The van der Waals surface area contributed by atoms with Gasteiger partial charge in [0.15, 0.2) is 0 Å². The molecule has 5 heteroatoms. The summed E-state index contributed by atoms with van der Waals surface area (Å²) in [6.07, 6.45) is 0. The zero-order valence-electron chi connectivity index (χ0n) is 12.3. The Kier molecular flexibility index (Phi) is 4.83. The second-order valence-electron chi connectivity index (χ2n) is 4.85. The van der Waals surface area contributed by atoms with Gasteiger partial charge in [0.2, 0.25) is 0 Å². The van der Waals surface area contributed by atoms with E-state index in [1.807, 2.05) is 24.7 Å². The summed E-state index contributed by atoms with van der Waals surface area (Å²) in [5.74, 6) is 0.854. The smallest absolute Gasteiger partial charge is 0.133 e. The third-order valence-corrected chi connectivity index (χ3v) is 4.13. The Morgan fingerprint density at radius 3 is 2.60 bits per heavy atom. The molecule has 1 heterocycles. The second kappa shape index (κ2) is 6.41. The molecule has 0 fully saturated rings. The van der Waals surface area contributed by atoms with Crippen molar-refractivity contribution in [2.45, 2.75) is 26.9 Å². The average Bonchev–Trinajstić information content (AvgIpc) is 2.65. The van der Waals surface area contributed by atoms with Crippen LogP contribution in [0.3, 0.4) is 0 Å². The van der Waals surface area contributed by atoms with Crippen LogP contribution in [-0.4, -0.2) is 16.9 Å². The number of hydrogen-bond acceptors (Lipinski definition) is 3. The Morgan fingerprint density at radius 2 is 2.05 bits per heavy atom. The summed E-state index contributed by atoms with van der Waals surface area (Å²) in [6.45, 7) is 5.79. The highest BCUT2D eigenvalue weighted by Gasteiger charge is 2.08. The van der Waals surface area contributed by atoms with Crippen LogP contribution in [0.1, 0.15) is 22.5 Å². The van der Waals surface area contributed by atoms with Crippen LogP contribution in [0.25, 0.3) is 0 Å². The zero-order valence-corrected chi connectivity index (χ0v) is 13.9. The fraction of sp³-hybridized carbons (Fsp3) is 0.400. The van der Waals surface area contributed by atoms with E-state index in [0.717, 1.165) is 29.0 Å². The number of benzene rings is 1. The summed E-state index contributed by atoms with van der Waals surface area (Å²) in [4.78, 5) is 0. The molecular formula is C15H20BrN3O. The van der Waals surface area contributed by atoms with Gasteiger partial charge in [0.1, 0.15) is 5.75 Å². The largest absolute Gasteiger partial charge is 0.496 e. The van der Waals surface area contributed by atoms with Gasteiger partial charge in [0, 0.05) is 31.4 Å². The van der Waals surface area contributed by atoms with Crippen LogP contribution < -0.4 is 10.1 Å². The molecule has 0 saturated carbocycles. The second-order valence-corrected chi connectivity index (χ2v) is 5.70. The molecule has 0 atom stereocenters. The van der Waals surface area contributed by atoms with E-state index in [4.69, 9.17) is 4.74 Å². The van der Waals surface area contributed by atoms with Crippen molar-refractivity contribution in [3.05, 3.63) is 45.2 Å². The molecule has 0 spiro atoms. The highest BCUT2D eigenvalue weighted by molar-refractivity contribution is 9.10. The van der Waals surface area contributed by atoms with Crippen molar-refractivity contribution >= 4 is 15.9 Å². The van der Waals surface area contributed by atoms with E-state index in [2.05, 4.69) is 45.4 Å². The molecule has 0 aliphatic carbocycles. The molecule has 0 bridgehead atoms. The molecule has 2 aromatic rings. The highest BCUT2D eigenvalue weighted by atomic mass is 79.9. The quantitative estimate of drug-likeness (QED) is 0.911. The minimum Gasteiger partial charge on any atom is -0.496 e. The third-order valence-electron chi connectivity index (χ3n) is 3.51. The van der Waals surface area contributed by atoms with E-state index in [1.54, 1.807) is 7.11 Å². The van der Waals surface area contributed by atoms with Gasteiger partial charge in [-0.1, -0.05) is 6.07 Å². The molecule has 1 aromatic carbocycles. The number of aryl methyl sites for hydroxylation is 2. The van der Waals surface area contributed by atoms with Crippen molar-refractivity contribution in [1.29, 1.82) is 0 Å². The summed E-state index contributed by atoms with van der Waals surface area (Å²) < 4.78 is 8.14. The molecule has 108 valence electrons. The van der Waals surface area contributed by atoms with Gasteiger partial charge in [-0.15, -0.1) is 0 Å². The minimum absolute atomic E-state index is 0.816. The number of nitrogens with zero attached hydrogens (tertiary/aromatic N) is 2. The Morgan fingerprint density at radius 1 is 1.30 bits per heavy atom. The van der Waals surface area contributed by atoms with Gasteiger partial charge in [-0.05, 0) is 47.5 Å². The van der Waals surface area contributed by atoms with Gasteiger partial charge in [0.05, 0.1) is 17.3 Å². The third kappa shape index (κ3) is 3.22. The van der Waals surface area contributed by atoms with Crippen LogP contribution in [0.2, 0.25) is 0 Å². The Hall–Kier alpha value is -1.33. The number of halogens is 1. The lowest BCUT2D eigenvalue weighted by Crippen LogP contribution is -2.14. The van der Waals surface area contributed by atoms with Gasteiger partial charge in [-0.2, -0.15) is 5.10 Å². The monoisotopic (exact) mass is 337 g/mol. The summed E-state index contributed by atoms with van der Waals surface area (Å²) in [5.41, 5.74) is 4.80. The molecule has 0 saturated heterocycles. The standard InChI is InChI=1S/C15H20BrN3O/c1-10-13(11(2)19(3)18-10)9-17-8-12-5-6-15(20-4)14(16)7-12/h5-7,17H,8-9H2,1-4H3. The molecule has 1 aromatic heterocycles. The number of ether oxygens (including phenoxy) is 1. The van der Waals surface area contributed by atoms with Gasteiger partial charge < -0.3 is 10.1 Å². The number of aromatic nitrogens is 2. The van der Waals surface area contributed by atoms with Crippen LogP contribution in [0, 0.1) is 13.8 Å². The Labute approximate surface area is 128 Å².